The van der Waals surface area contributed by atoms with Gasteiger partial charge in [-0.2, -0.15) is 0 Å². The van der Waals surface area contributed by atoms with Crippen LogP contribution in [0.1, 0.15) is 61.7 Å². The summed E-state index contributed by atoms with van der Waals surface area (Å²) in [4.78, 5) is 48.0. The molecule has 1 fully saturated rings. The molecule has 2 amide bonds. The zero-order valence-electron chi connectivity index (χ0n) is 18.4. The Balaban J connectivity index is 1.87. The molecule has 1 aliphatic heterocycles. The molecule has 1 atom stereocenters. The van der Waals surface area contributed by atoms with Gasteiger partial charge in [-0.25, -0.2) is 4.98 Å². The largest absolute Gasteiger partial charge is 0.341 e. The lowest BCUT2D eigenvalue weighted by Gasteiger charge is -2.31. The lowest BCUT2D eigenvalue weighted by Crippen LogP contribution is -2.42. The van der Waals surface area contributed by atoms with E-state index in [2.05, 4.69) is 18.8 Å². The molecule has 0 aromatic carbocycles. The molecule has 30 heavy (non-hydrogen) atoms. The third-order valence-corrected chi connectivity index (χ3v) is 7.07. The summed E-state index contributed by atoms with van der Waals surface area (Å²) in [5.74, 6) is 0.392. The first-order valence-electron chi connectivity index (χ1n) is 10.9. The summed E-state index contributed by atoms with van der Waals surface area (Å²) in [7, 11) is 0. The van der Waals surface area contributed by atoms with Crippen molar-refractivity contribution in [2.75, 3.05) is 26.2 Å². The molecule has 0 bridgehead atoms. The van der Waals surface area contributed by atoms with E-state index < -0.39 is 0 Å². The molecular formula is C22H32N4O3S. The monoisotopic (exact) mass is 432 g/mol. The van der Waals surface area contributed by atoms with E-state index in [1.165, 1.54) is 22.2 Å². The van der Waals surface area contributed by atoms with E-state index in [9.17, 15) is 14.4 Å². The number of thiophene rings is 1. The molecule has 2 aromatic heterocycles. The Morgan fingerprint density at radius 2 is 2.10 bits per heavy atom. The molecule has 0 saturated carbocycles. The Morgan fingerprint density at radius 3 is 2.77 bits per heavy atom. The molecule has 0 aliphatic carbocycles. The van der Waals surface area contributed by atoms with Crippen LogP contribution in [0.15, 0.2) is 11.1 Å². The molecule has 1 unspecified atom stereocenters. The van der Waals surface area contributed by atoms with Crippen LogP contribution in [0.3, 0.4) is 0 Å². The number of aromatic nitrogens is 2. The zero-order valence-corrected chi connectivity index (χ0v) is 19.3. The average molecular weight is 433 g/mol. The first-order valence-corrected chi connectivity index (χ1v) is 11.7. The highest BCUT2D eigenvalue weighted by Gasteiger charge is 2.25. The van der Waals surface area contributed by atoms with Crippen LogP contribution in [0, 0.1) is 12.8 Å². The summed E-state index contributed by atoms with van der Waals surface area (Å²) in [5, 5.41) is 0.456. The molecule has 8 heteroatoms. The van der Waals surface area contributed by atoms with E-state index in [4.69, 9.17) is 0 Å². The standard InChI is InChI=1S/C22H32N4O3S/c1-5-7-10-24(6-2)22(29)19-16(4)18-20(30-19)23-14-26(21(18)28)13-17(27)25-11-8-9-15(3)12-25/h14-15H,5-13H2,1-4H3. The highest BCUT2D eigenvalue weighted by Crippen LogP contribution is 2.28. The van der Waals surface area contributed by atoms with Crippen LogP contribution in [-0.2, 0) is 11.3 Å². The number of aryl methyl sites for hydroxylation is 1. The summed E-state index contributed by atoms with van der Waals surface area (Å²) in [6, 6.07) is 0. The van der Waals surface area contributed by atoms with Gasteiger partial charge in [0.05, 0.1) is 16.6 Å². The van der Waals surface area contributed by atoms with Gasteiger partial charge >= 0.3 is 0 Å². The predicted octanol–water partition coefficient (Wildman–Crippen LogP) is 3.29. The van der Waals surface area contributed by atoms with Crippen LogP contribution < -0.4 is 5.56 Å². The Morgan fingerprint density at radius 1 is 1.33 bits per heavy atom. The third kappa shape index (κ3) is 4.58. The van der Waals surface area contributed by atoms with Gasteiger partial charge in [-0.15, -0.1) is 11.3 Å². The minimum Gasteiger partial charge on any atom is -0.341 e. The number of nitrogens with zero attached hydrogens (tertiary/aromatic N) is 4. The number of fused-ring (bicyclic) bond motifs is 1. The van der Waals surface area contributed by atoms with Gasteiger partial charge in [0.15, 0.2) is 0 Å². The Labute approximate surface area is 181 Å². The molecule has 1 saturated heterocycles. The normalized spacial score (nSPS) is 16.8. The number of carbonyl (C=O) groups is 2. The third-order valence-electron chi connectivity index (χ3n) is 5.88. The van der Waals surface area contributed by atoms with Crippen molar-refractivity contribution in [2.24, 2.45) is 5.92 Å². The van der Waals surface area contributed by atoms with Gasteiger partial charge in [0.2, 0.25) is 5.91 Å². The van der Waals surface area contributed by atoms with Crippen molar-refractivity contribution in [1.29, 1.82) is 0 Å². The summed E-state index contributed by atoms with van der Waals surface area (Å²) in [6.45, 7) is 10.8. The molecular weight excluding hydrogens is 400 g/mol. The van der Waals surface area contributed by atoms with Crippen molar-refractivity contribution >= 4 is 33.4 Å². The molecule has 1 aliphatic rings. The maximum absolute atomic E-state index is 13.1. The predicted molar refractivity (Wildman–Crippen MR) is 120 cm³/mol. The molecule has 2 aromatic rings. The molecule has 164 valence electrons. The highest BCUT2D eigenvalue weighted by molar-refractivity contribution is 7.20. The van der Waals surface area contributed by atoms with Crippen LogP contribution in [0.4, 0.5) is 0 Å². The minimum atomic E-state index is -0.247. The van der Waals surface area contributed by atoms with Gasteiger partial charge in [0.25, 0.3) is 11.5 Å². The number of amides is 2. The van der Waals surface area contributed by atoms with E-state index in [0.717, 1.165) is 38.8 Å². The summed E-state index contributed by atoms with van der Waals surface area (Å²) < 4.78 is 1.38. The van der Waals surface area contributed by atoms with E-state index in [1.807, 2.05) is 16.7 Å². The number of likely N-dealkylation sites (tertiary alicyclic amines) is 1. The fourth-order valence-corrected chi connectivity index (χ4v) is 5.14. The van der Waals surface area contributed by atoms with Crippen molar-refractivity contribution in [3.05, 3.63) is 27.1 Å². The van der Waals surface area contributed by atoms with Gasteiger partial charge in [-0.1, -0.05) is 20.3 Å². The molecule has 0 spiro atoms. The van der Waals surface area contributed by atoms with Gasteiger partial charge in [-0.05, 0) is 44.6 Å². The van der Waals surface area contributed by atoms with Crippen LogP contribution >= 0.6 is 11.3 Å². The van der Waals surface area contributed by atoms with Crippen LogP contribution in [-0.4, -0.2) is 57.3 Å². The summed E-state index contributed by atoms with van der Waals surface area (Å²) in [5.41, 5.74) is 0.420. The SMILES string of the molecule is CCCCN(CC)C(=O)c1sc2ncn(CC(=O)N3CCCC(C)C3)c(=O)c2c1C. The number of rotatable bonds is 7. The molecule has 7 nitrogen and oxygen atoms in total. The second-order valence-electron chi connectivity index (χ2n) is 8.24. The molecule has 3 heterocycles. The molecule has 3 rings (SSSR count). The first-order chi connectivity index (χ1) is 14.4. The summed E-state index contributed by atoms with van der Waals surface area (Å²) in [6.07, 6.45) is 5.54. The van der Waals surface area contributed by atoms with Crippen molar-refractivity contribution in [3.63, 3.8) is 0 Å². The average Bonchev–Trinajstić information content (AvgIpc) is 3.07. The number of carbonyl (C=O) groups excluding carboxylic acids is 2. The number of piperidine rings is 1. The van der Waals surface area contributed by atoms with Crippen LogP contribution in [0.5, 0.6) is 0 Å². The van der Waals surface area contributed by atoms with Crippen LogP contribution in [0.2, 0.25) is 0 Å². The van der Waals surface area contributed by atoms with Gasteiger partial charge < -0.3 is 9.80 Å². The number of hydrogen-bond acceptors (Lipinski definition) is 5. The van der Waals surface area contributed by atoms with E-state index in [1.54, 1.807) is 6.92 Å². The Bertz CT molecular complexity index is 981. The highest BCUT2D eigenvalue weighted by atomic mass is 32.1. The molecule has 0 radical (unpaired) electrons. The lowest BCUT2D eigenvalue weighted by atomic mass is 10.0. The minimum absolute atomic E-state index is 0.00928. The fourth-order valence-electron chi connectivity index (χ4n) is 4.03. The first kappa shape index (κ1) is 22.5. The second-order valence-corrected chi connectivity index (χ2v) is 9.24. The quantitative estimate of drug-likeness (QED) is 0.673. The Kier molecular flexibility index (Phi) is 7.28. The fraction of sp³-hybridized carbons (Fsp3) is 0.636. The van der Waals surface area contributed by atoms with Crippen molar-refractivity contribution in [3.8, 4) is 0 Å². The Hall–Kier alpha value is -2.22. The lowest BCUT2D eigenvalue weighted by molar-refractivity contribution is -0.133. The van der Waals surface area contributed by atoms with Gasteiger partial charge in [-0.3, -0.25) is 19.0 Å². The van der Waals surface area contributed by atoms with E-state index in [-0.39, 0.29) is 23.9 Å². The van der Waals surface area contributed by atoms with Gasteiger partial charge in [0.1, 0.15) is 11.4 Å². The van der Waals surface area contributed by atoms with Crippen molar-refractivity contribution in [2.45, 2.75) is 59.9 Å². The summed E-state index contributed by atoms with van der Waals surface area (Å²) >= 11 is 1.27. The van der Waals surface area contributed by atoms with Gasteiger partial charge in [0, 0.05) is 26.2 Å². The van der Waals surface area contributed by atoms with Crippen molar-refractivity contribution in [1.82, 2.24) is 19.4 Å². The smallest absolute Gasteiger partial charge is 0.264 e. The van der Waals surface area contributed by atoms with Crippen molar-refractivity contribution < 1.29 is 9.59 Å². The number of hydrogen-bond donors (Lipinski definition) is 0. The zero-order chi connectivity index (χ0) is 21.8. The van der Waals surface area contributed by atoms with Crippen LogP contribution in [0.25, 0.3) is 10.2 Å². The topological polar surface area (TPSA) is 75.5 Å². The maximum Gasteiger partial charge on any atom is 0.264 e. The second kappa shape index (κ2) is 9.73. The molecule has 0 N–H and O–H groups in total. The van der Waals surface area contributed by atoms with E-state index >= 15 is 0 Å². The van der Waals surface area contributed by atoms with E-state index in [0.29, 0.717) is 39.7 Å². The maximum atomic E-state index is 13.1. The number of unbranched alkanes of at least 4 members (excludes halogenated alkanes) is 1.